The molecule has 0 aromatic heterocycles. The van der Waals surface area contributed by atoms with Crippen LogP contribution in [0.3, 0.4) is 0 Å². The monoisotopic (exact) mass is 271 g/mol. The zero-order chi connectivity index (χ0) is 14.1. The average Bonchev–Trinajstić information content (AvgIpc) is 2.80. The molecule has 1 rings (SSSR count). The number of hydrogen-bond acceptors (Lipinski definition) is 4. The number of hydrogen-bond donors (Lipinski definition) is 1. The van der Waals surface area contributed by atoms with Crippen molar-refractivity contribution >= 4 is 5.97 Å². The van der Waals surface area contributed by atoms with E-state index in [4.69, 9.17) is 9.47 Å². The molecule has 1 saturated carbocycles. The molecule has 4 nitrogen and oxygen atoms in total. The topological polar surface area (TPSA) is 47.6 Å². The number of nitrogens with one attached hydrogen (secondary N) is 1. The van der Waals surface area contributed by atoms with Gasteiger partial charge in [0.1, 0.15) is 5.54 Å². The van der Waals surface area contributed by atoms with Gasteiger partial charge in [-0.1, -0.05) is 20.3 Å². The molecule has 0 bridgehead atoms. The van der Waals surface area contributed by atoms with Crippen LogP contribution in [0.2, 0.25) is 0 Å². The molecule has 1 N–H and O–H groups in total. The molecule has 2 atom stereocenters. The number of likely N-dealkylation sites (N-methyl/N-ethyl adjacent to an activating group) is 1. The van der Waals surface area contributed by atoms with E-state index >= 15 is 0 Å². The molecular weight excluding hydrogens is 242 g/mol. The van der Waals surface area contributed by atoms with Crippen molar-refractivity contribution in [3.8, 4) is 0 Å². The first kappa shape index (κ1) is 16.4. The molecule has 1 fully saturated rings. The molecule has 0 saturated heterocycles. The van der Waals surface area contributed by atoms with E-state index < -0.39 is 5.54 Å². The second-order valence-electron chi connectivity index (χ2n) is 5.21. The van der Waals surface area contributed by atoms with Crippen molar-refractivity contribution in [1.82, 2.24) is 5.32 Å². The molecule has 0 aromatic carbocycles. The van der Waals surface area contributed by atoms with Crippen LogP contribution in [-0.2, 0) is 14.3 Å². The Balaban J connectivity index is 2.62. The summed E-state index contributed by atoms with van der Waals surface area (Å²) in [7, 11) is 0. The number of ether oxygens (including phenoxy) is 2. The van der Waals surface area contributed by atoms with Crippen LogP contribution in [0, 0.1) is 5.92 Å². The van der Waals surface area contributed by atoms with Gasteiger partial charge in [0.2, 0.25) is 0 Å². The first-order valence-corrected chi connectivity index (χ1v) is 7.71. The first-order valence-electron chi connectivity index (χ1n) is 7.71. The van der Waals surface area contributed by atoms with E-state index in [9.17, 15) is 4.79 Å². The Morgan fingerprint density at radius 3 is 2.74 bits per heavy atom. The predicted molar refractivity (Wildman–Crippen MR) is 76.1 cm³/mol. The molecule has 112 valence electrons. The van der Waals surface area contributed by atoms with Crippen LogP contribution in [0.15, 0.2) is 0 Å². The van der Waals surface area contributed by atoms with E-state index in [0.717, 1.165) is 51.9 Å². The lowest BCUT2D eigenvalue weighted by Crippen LogP contribution is -2.55. The molecule has 0 aromatic rings. The largest absolute Gasteiger partial charge is 0.465 e. The number of esters is 1. The first-order chi connectivity index (χ1) is 9.21. The zero-order valence-corrected chi connectivity index (χ0v) is 12.7. The third-order valence-corrected chi connectivity index (χ3v) is 3.91. The van der Waals surface area contributed by atoms with E-state index in [0.29, 0.717) is 12.5 Å². The van der Waals surface area contributed by atoms with E-state index in [2.05, 4.69) is 12.2 Å². The SMILES string of the molecule is CCCOCCC1CCCC1(NCC)C(=O)OCC. The standard InChI is InChI=1S/C15H29NO3/c1-4-11-18-12-9-13-8-7-10-15(13,16-5-2)14(17)19-6-3/h13,16H,4-12H2,1-3H3. The van der Waals surface area contributed by atoms with Gasteiger partial charge in [0.05, 0.1) is 6.61 Å². The summed E-state index contributed by atoms with van der Waals surface area (Å²) in [5.41, 5.74) is -0.472. The molecule has 0 aliphatic heterocycles. The third-order valence-electron chi connectivity index (χ3n) is 3.91. The minimum atomic E-state index is -0.472. The normalized spacial score (nSPS) is 26.6. The summed E-state index contributed by atoms with van der Waals surface area (Å²) in [5.74, 6) is 0.262. The smallest absolute Gasteiger partial charge is 0.326 e. The van der Waals surface area contributed by atoms with Gasteiger partial charge in [-0.25, -0.2) is 0 Å². The van der Waals surface area contributed by atoms with Crippen molar-refractivity contribution in [3.63, 3.8) is 0 Å². The molecule has 0 spiro atoms. The van der Waals surface area contributed by atoms with E-state index in [1.165, 1.54) is 0 Å². The molecular formula is C15H29NO3. The molecule has 1 aliphatic carbocycles. The zero-order valence-electron chi connectivity index (χ0n) is 12.7. The van der Waals surface area contributed by atoms with E-state index in [1.54, 1.807) is 0 Å². The second kappa shape index (κ2) is 8.54. The fourth-order valence-corrected chi connectivity index (χ4v) is 3.09. The lowest BCUT2D eigenvalue weighted by molar-refractivity contribution is -0.153. The van der Waals surface area contributed by atoms with Crippen LogP contribution in [0.4, 0.5) is 0 Å². The average molecular weight is 271 g/mol. The highest BCUT2D eigenvalue weighted by Gasteiger charge is 2.49. The van der Waals surface area contributed by atoms with Crippen molar-refractivity contribution in [2.45, 2.75) is 58.4 Å². The van der Waals surface area contributed by atoms with Gasteiger partial charge in [0.25, 0.3) is 0 Å². The molecule has 19 heavy (non-hydrogen) atoms. The van der Waals surface area contributed by atoms with Crippen molar-refractivity contribution < 1.29 is 14.3 Å². The van der Waals surface area contributed by atoms with Crippen LogP contribution in [-0.4, -0.2) is 37.9 Å². The summed E-state index contributed by atoms with van der Waals surface area (Å²) in [6.45, 7) is 8.81. The van der Waals surface area contributed by atoms with Crippen molar-refractivity contribution in [2.24, 2.45) is 5.92 Å². The Hall–Kier alpha value is -0.610. The highest BCUT2D eigenvalue weighted by molar-refractivity contribution is 5.81. The van der Waals surface area contributed by atoms with Crippen molar-refractivity contribution in [2.75, 3.05) is 26.4 Å². The highest BCUT2D eigenvalue weighted by Crippen LogP contribution is 2.39. The van der Waals surface area contributed by atoms with E-state index in [1.807, 2.05) is 13.8 Å². The quantitative estimate of drug-likeness (QED) is 0.517. The Bertz CT molecular complexity index is 270. The Morgan fingerprint density at radius 2 is 2.11 bits per heavy atom. The number of carbonyl (C=O) groups excluding carboxylic acids is 1. The fraction of sp³-hybridized carbons (Fsp3) is 0.933. The van der Waals surface area contributed by atoms with Crippen LogP contribution in [0.1, 0.15) is 52.9 Å². The van der Waals surface area contributed by atoms with E-state index in [-0.39, 0.29) is 5.97 Å². The van der Waals surface area contributed by atoms with Gasteiger partial charge in [-0.3, -0.25) is 4.79 Å². The van der Waals surface area contributed by atoms with Gasteiger partial charge in [-0.2, -0.15) is 0 Å². The summed E-state index contributed by atoms with van der Waals surface area (Å²) in [4.78, 5) is 12.3. The van der Waals surface area contributed by atoms with Crippen LogP contribution < -0.4 is 5.32 Å². The minimum absolute atomic E-state index is 0.0742. The summed E-state index contributed by atoms with van der Waals surface area (Å²) < 4.78 is 10.9. The van der Waals surface area contributed by atoms with Gasteiger partial charge in [0, 0.05) is 13.2 Å². The maximum Gasteiger partial charge on any atom is 0.326 e. The van der Waals surface area contributed by atoms with Crippen LogP contribution in [0.25, 0.3) is 0 Å². The maximum absolute atomic E-state index is 12.3. The summed E-state index contributed by atoms with van der Waals surface area (Å²) in [6.07, 6.45) is 5.04. The highest BCUT2D eigenvalue weighted by atomic mass is 16.5. The molecule has 4 heteroatoms. The lowest BCUT2D eigenvalue weighted by Gasteiger charge is -2.34. The van der Waals surface area contributed by atoms with Gasteiger partial charge < -0.3 is 14.8 Å². The number of carbonyl (C=O) groups is 1. The predicted octanol–water partition coefficient (Wildman–Crippen LogP) is 2.51. The number of rotatable bonds is 9. The maximum atomic E-state index is 12.3. The fourth-order valence-electron chi connectivity index (χ4n) is 3.09. The molecule has 0 amide bonds. The summed E-state index contributed by atoms with van der Waals surface area (Å²) >= 11 is 0. The van der Waals surface area contributed by atoms with Crippen LogP contribution >= 0.6 is 0 Å². The Kier molecular flexibility index (Phi) is 7.39. The van der Waals surface area contributed by atoms with Crippen LogP contribution in [0.5, 0.6) is 0 Å². The summed E-state index contributed by atoms with van der Waals surface area (Å²) in [6, 6.07) is 0. The molecule has 1 aliphatic rings. The minimum Gasteiger partial charge on any atom is -0.465 e. The van der Waals surface area contributed by atoms with Crippen molar-refractivity contribution in [3.05, 3.63) is 0 Å². The molecule has 0 radical (unpaired) electrons. The van der Waals surface area contributed by atoms with Gasteiger partial charge in [-0.05, 0) is 45.1 Å². The Labute approximate surface area is 117 Å². The van der Waals surface area contributed by atoms with Gasteiger partial charge >= 0.3 is 5.97 Å². The van der Waals surface area contributed by atoms with Gasteiger partial charge in [-0.15, -0.1) is 0 Å². The van der Waals surface area contributed by atoms with Crippen molar-refractivity contribution in [1.29, 1.82) is 0 Å². The molecule has 2 unspecified atom stereocenters. The third kappa shape index (κ3) is 4.18. The second-order valence-corrected chi connectivity index (χ2v) is 5.21. The molecule has 0 heterocycles. The Morgan fingerprint density at radius 1 is 1.32 bits per heavy atom. The lowest BCUT2D eigenvalue weighted by atomic mass is 9.84. The summed E-state index contributed by atoms with van der Waals surface area (Å²) in [5, 5.41) is 3.40. The van der Waals surface area contributed by atoms with Gasteiger partial charge in [0.15, 0.2) is 0 Å².